The van der Waals surface area contributed by atoms with Crippen molar-refractivity contribution in [2.24, 2.45) is 11.8 Å². The number of hydrogen-bond acceptors (Lipinski definition) is 8. The van der Waals surface area contributed by atoms with Crippen molar-refractivity contribution in [3.8, 4) is 5.75 Å². The summed E-state index contributed by atoms with van der Waals surface area (Å²) in [5.41, 5.74) is 0.630. The molecule has 2 aliphatic rings. The zero-order valence-electron chi connectivity index (χ0n) is 27.3. The number of Topliss-reactive ketones (excluding diaryl/α,β-unsaturated/α-hetero) is 3. The molecule has 0 aliphatic carbocycles. The molecular weight excluding hydrogens is 572 g/mol. The average molecular weight is 621 g/mol. The molecular formula is C36H48N2O7. The summed E-state index contributed by atoms with van der Waals surface area (Å²) in [6.45, 7) is 12.4. The van der Waals surface area contributed by atoms with Crippen molar-refractivity contribution < 1.29 is 33.4 Å². The van der Waals surface area contributed by atoms with Crippen LogP contribution in [0.15, 0.2) is 54.6 Å². The van der Waals surface area contributed by atoms with Crippen LogP contribution in [0.2, 0.25) is 0 Å². The van der Waals surface area contributed by atoms with Gasteiger partial charge in [-0.05, 0) is 70.7 Å². The third-order valence-corrected chi connectivity index (χ3v) is 8.31. The minimum Gasteiger partial charge on any atom is -0.488 e. The number of epoxide rings is 1. The standard InChI is InChI=1S/C36H48N2O7/c1-25(37-33(41)23-38-15-17-43-18-16-38)31(39)21-28(19-27-11-13-30(14-12-27)45-35(2,3)4)32(40)22-29(34(42)36(5)24-44-36)20-26-9-7-6-8-10-26/h6-14,25,28-29H,15-24H2,1-5H3,(H,37,41)/t25-,28+,29+,36+/m0/s1. The van der Waals surface area contributed by atoms with E-state index in [1.807, 2.05) is 80.3 Å². The van der Waals surface area contributed by atoms with Crippen molar-refractivity contribution >= 4 is 23.3 Å². The van der Waals surface area contributed by atoms with Gasteiger partial charge >= 0.3 is 0 Å². The summed E-state index contributed by atoms with van der Waals surface area (Å²) in [4.78, 5) is 55.7. The Labute approximate surface area is 267 Å². The average Bonchev–Trinajstić information content (AvgIpc) is 3.75. The van der Waals surface area contributed by atoms with Crippen LogP contribution in [0, 0.1) is 11.8 Å². The van der Waals surface area contributed by atoms with Crippen molar-refractivity contribution in [2.75, 3.05) is 39.5 Å². The maximum absolute atomic E-state index is 14.0. The van der Waals surface area contributed by atoms with E-state index in [0.29, 0.717) is 51.5 Å². The van der Waals surface area contributed by atoms with Gasteiger partial charge in [0.1, 0.15) is 22.7 Å². The molecule has 0 unspecified atom stereocenters. The van der Waals surface area contributed by atoms with E-state index in [9.17, 15) is 19.2 Å². The Bertz CT molecular complexity index is 1310. The highest BCUT2D eigenvalue weighted by molar-refractivity contribution is 5.97. The number of hydrogen-bond donors (Lipinski definition) is 1. The van der Waals surface area contributed by atoms with Gasteiger partial charge in [0.15, 0.2) is 11.6 Å². The van der Waals surface area contributed by atoms with Gasteiger partial charge < -0.3 is 19.5 Å². The Balaban J connectivity index is 1.48. The molecule has 9 nitrogen and oxygen atoms in total. The fourth-order valence-corrected chi connectivity index (χ4v) is 5.63. The molecule has 2 aromatic rings. The van der Waals surface area contributed by atoms with Crippen LogP contribution in [-0.4, -0.2) is 84.9 Å². The van der Waals surface area contributed by atoms with Gasteiger partial charge in [0.2, 0.25) is 5.91 Å². The van der Waals surface area contributed by atoms with Crippen LogP contribution in [0.1, 0.15) is 58.6 Å². The first-order valence-electron chi connectivity index (χ1n) is 16.0. The second kappa shape index (κ2) is 15.3. The lowest BCUT2D eigenvalue weighted by atomic mass is 9.80. The van der Waals surface area contributed by atoms with Crippen LogP contribution in [0.4, 0.5) is 0 Å². The SMILES string of the molecule is C[C@H](NC(=O)CN1CCOCC1)C(=O)C[C@@H](Cc1ccc(OC(C)(C)C)cc1)C(=O)C[C@@H](Cc1ccccc1)C(=O)[C@@]1(C)CO1. The van der Waals surface area contributed by atoms with Gasteiger partial charge in [0.05, 0.1) is 32.4 Å². The summed E-state index contributed by atoms with van der Waals surface area (Å²) in [6.07, 6.45) is 0.707. The Morgan fingerprint density at radius 1 is 0.889 bits per heavy atom. The van der Waals surface area contributed by atoms with Gasteiger partial charge in [-0.2, -0.15) is 0 Å². The summed E-state index contributed by atoms with van der Waals surface area (Å²) in [5, 5.41) is 2.81. The third kappa shape index (κ3) is 10.9. The fourth-order valence-electron chi connectivity index (χ4n) is 5.63. The molecule has 2 saturated heterocycles. The Kier molecular flexibility index (Phi) is 11.7. The van der Waals surface area contributed by atoms with Crippen LogP contribution >= 0.6 is 0 Å². The number of nitrogens with one attached hydrogen (secondary N) is 1. The number of ketones is 3. The van der Waals surface area contributed by atoms with Gasteiger partial charge in [-0.1, -0.05) is 42.5 Å². The molecule has 4 rings (SSSR count). The van der Waals surface area contributed by atoms with Gasteiger partial charge in [-0.3, -0.25) is 24.1 Å². The normalized spacial score (nSPS) is 20.5. The van der Waals surface area contributed by atoms with E-state index in [4.69, 9.17) is 14.2 Å². The maximum Gasteiger partial charge on any atom is 0.234 e. The Hall–Kier alpha value is -3.40. The number of ether oxygens (including phenoxy) is 3. The van der Waals surface area contributed by atoms with Crippen LogP contribution in [0.25, 0.3) is 0 Å². The van der Waals surface area contributed by atoms with Gasteiger partial charge in [-0.15, -0.1) is 0 Å². The summed E-state index contributed by atoms with van der Waals surface area (Å²) in [6, 6.07) is 16.4. The van der Waals surface area contributed by atoms with E-state index in [-0.39, 0.29) is 48.2 Å². The molecule has 45 heavy (non-hydrogen) atoms. The van der Waals surface area contributed by atoms with Crippen molar-refractivity contribution in [2.45, 2.75) is 77.5 Å². The maximum atomic E-state index is 14.0. The van der Waals surface area contributed by atoms with E-state index >= 15 is 0 Å². The van der Waals surface area contributed by atoms with E-state index < -0.39 is 23.5 Å². The predicted octanol–water partition coefficient (Wildman–Crippen LogP) is 3.99. The largest absolute Gasteiger partial charge is 0.488 e. The topological polar surface area (TPSA) is 115 Å². The molecule has 0 radical (unpaired) electrons. The van der Waals surface area contributed by atoms with Crippen molar-refractivity contribution in [1.82, 2.24) is 10.2 Å². The molecule has 0 spiro atoms. The number of rotatable bonds is 16. The van der Waals surface area contributed by atoms with Crippen LogP contribution in [0.5, 0.6) is 5.75 Å². The number of morpholine rings is 1. The highest BCUT2D eigenvalue weighted by Crippen LogP contribution is 2.33. The zero-order chi connectivity index (χ0) is 32.6. The second-order valence-corrected chi connectivity index (χ2v) is 13.5. The van der Waals surface area contributed by atoms with Crippen molar-refractivity contribution in [3.63, 3.8) is 0 Å². The molecule has 4 atom stereocenters. The number of amides is 1. The zero-order valence-corrected chi connectivity index (χ0v) is 27.3. The van der Waals surface area contributed by atoms with Crippen molar-refractivity contribution in [3.05, 3.63) is 65.7 Å². The van der Waals surface area contributed by atoms with Gasteiger partial charge in [0, 0.05) is 37.8 Å². The molecule has 2 aliphatic heterocycles. The molecule has 1 N–H and O–H groups in total. The molecule has 0 bridgehead atoms. The van der Waals surface area contributed by atoms with E-state index in [1.165, 1.54) is 0 Å². The first kappa shape index (κ1) is 34.5. The molecule has 9 heteroatoms. The summed E-state index contributed by atoms with van der Waals surface area (Å²) < 4.78 is 16.8. The van der Waals surface area contributed by atoms with Crippen LogP contribution < -0.4 is 10.1 Å². The molecule has 244 valence electrons. The predicted molar refractivity (Wildman–Crippen MR) is 171 cm³/mol. The monoisotopic (exact) mass is 620 g/mol. The smallest absolute Gasteiger partial charge is 0.234 e. The van der Waals surface area contributed by atoms with Crippen LogP contribution in [-0.2, 0) is 41.5 Å². The minimum atomic E-state index is -0.868. The third-order valence-electron chi connectivity index (χ3n) is 8.31. The van der Waals surface area contributed by atoms with Crippen LogP contribution in [0.3, 0.4) is 0 Å². The molecule has 0 aromatic heterocycles. The highest BCUT2D eigenvalue weighted by atomic mass is 16.6. The molecule has 2 fully saturated rings. The summed E-state index contributed by atoms with van der Waals surface area (Å²) in [5.74, 6) is -1.21. The van der Waals surface area contributed by atoms with E-state index in [2.05, 4.69) is 5.32 Å². The minimum absolute atomic E-state index is 0.00755. The second-order valence-electron chi connectivity index (χ2n) is 13.5. The lowest BCUT2D eigenvalue weighted by Gasteiger charge is -2.26. The summed E-state index contributed by atoms with van der Waals surface area (Å²) >= 11 is 0. The number of benzene rings is 2. The van der Waals surface area contributed by atoms with E-state index in [0.717, 1.165) is 11.1 Å². The van der Waals surface area contributed by atoms with Crippen molar-refractivity contribution in [1.29, 1.82) is 0 Å². The first-order chi connectivity index (χ1) is 21.3. The molecule has 2 heterocycles. The number of nitrogens with zero attached hydrogens (tertiary/aromatic N) is 1. The molecule has 0 saturated carbocycles. The lowest BCUT2D eigenvalue weighted by molar-refractivity contribution is -0.134. The number of carbonyl (C=O) groups excluding carboxylic acids is 4. The van der Waals surface area contributed by atoms with Gasteiger partial charge in [0.25, 0.3) is 0 Å². The molecule has 2 aromatic carbocycles. The Morgan fingerprint density at radius 3 is 2.07 bits per heavy atom. The fraction of sp³-hybridized carbons (Fsp3) is 0.556. The lowest BCUT2D eigenvalue weighted by Crippen LogP contribution is -2.47. The quantitative estimate of drug-likeness (QED) is 0.280. The summed E-state index contributed by atoms with van der Waals surface area (Å²) in [7, 11) is 0. The Morgan fingerprint density at radius 2 is 1.47 bits per heavy atom. The van der Waals surface area contributed by atoms with E-state index in [1.54, 1.807) is 13.8 Å². The highest BCUT2D eigenvalue weighted by Gasteiger charge is 2.50. The molecule has 1 amide bonds. The first-order valence-corrected chi connectivity index (χ1v) is 16.0. The number of carbonyl (C=O) groups is 4. The van der Waals surface area contributed by atoms with Gasteiger partial charge in [-0.25, -0.2) is 0 Å².